The van der Waals surface area contributed by atoms with Crippen LogP contribution in [0.5, 0.6) is 5.75 Å². The molecule has 3 nitrogen and oxygen atoms in total. The third-order valence-electron chi connectivity index (χ3n) is 5.11. The van der Waals surface area contributed by atoms with Gasteiger partial charge in [-0.25, -0.2) is 4.39 Å². The van der Waals surface area contributed by atoms with Crippen LogP contribution < -0.4 is 10.5 Å². The van der Waals surface area contributed by atoms with Crippen molar-refractivity contribution < 1.29 is 13.9 Å². The molecule has 0 heterocycles. The number of carbonyl (C=O) groups is 1. The maximum atomic E-state index is 15.0. The Morgan fingerprint density at radius 3 is 2.62 bits per heavy atom. The first-order valence-corrected chi connectivity index (χ1v) is 8.90. The zero-order chi connectivity index (χ0) is 19.5. The number of allylic oxidation sites excluding steroid dienone is 5. The molecule has 26 heavy (non-hydrogen) atoms. The predicted molar refractivity (Wildman–Crippen MR) is 105 cm³/mol. The monoisotopic (exact) mass is 357 g/mol. The van der Waals surface area contributed by atoms with Gasteiger partial charge in [-0.1, -0.05) is 31.6 Å². The molecule has 2 rings (SSSR count). The van der Waals surface area contributed by atoms with Crippen LogP contribution in [0.15, 0.2) is 47.1 Å². The number of carbonyl (C=O) groups excluding carboxylic acids is 1. The Kier molecular flexibility index (Phi) is 6.06. The molecule has 0 fully saturated rings. The van der Waals surface area contributed by atoms with Crippen LogP contribution in [0.2, 0.25) is 0 Å². The van der Waals surface area contributed by atoms with Gasteiger partial charge in [-0.15, -0.1) is 0 Å². The fourth-order valence-corrected chi connectivity index (χ4v) is 3.53. The minimum absolute atomic E-state index is 0.108. The Labute approximate surface area is 155 Å². The highest BCUT2D eigenvalue weighted by Gasteiger charge is 2.26. The summed E-state index contributed by atoms with van der Waals surface area (Å²) in [6, 6.07) is 4.50. The second kappa shape index (κ2) is 7.90. The molecule has 0 saturated heterocycles. The van der Waals surface area contributed by atoms with Crippen molar-refractivity contribution in [2.24, 2.45) is 11.1 Å². The molecule has 140 valence electrons. The lowest BCUT2D eigenvalue weighted by Gasteiger charge is -2.33. The van der Waals surface area contributed by atoms with Crippen LogP contribution in [0.25, 0.3) is 5.83 Å². The molecule has 1 aliphatic rings. The molecule has 0 radical (unpaired) electrons. The number of methoxy groups -OCH3 is 1. The van der Waals surface area contributed by atoms with Gasteiger partial charge in [-0.05, 0) is 67.9 Å². The Morgan fingerprint density at radius 2 is 2.04 bits per heavy atom. The fourth-order valence-electron chi connectivity index (χ4n) is 3.53. The normalized spacial score (nSPS) is 18.1. The molecule has 1 aliphatic carbocycles. The highest BCUT2D eigenvalue weighted by molar-refractivity contribution is 5.93. The molecule has 0 saturated carbocycles. The third-order valence-corrected chi connectivity index (χ3v) is 5.11. The predicted octanol–water partition coefficient (Wildman–Crippen LogP) is 5.58. The van der Waals surface area contributed by atoms with Crippen molar-refractivity contribution in [2.75, 3.05) is 7.11 Å². The molecular weight excluding hydrogens is 329 g/mol. The lowest BCUT2D eigenvalue weighted by Crippen LogP contribution is -2.19. The minimum atomic E-state index is -0.571. The molecule has 1 aromatic rings. The van der Waals surface area contributed by atoms with Gasteiger partial charge < -0.3 is 10.5 Å². The molecule has 0 unspecified atom stereocenters. The van der Waals surface area contributed by atoms with E-state index in [2.05, 4.69) is 20.8 Å². The van der Waals surface area contributed by atoms with Crippen molar-refractivity contribution in [3.63, 3.8) is 0 Å². The second-order valence-electron chi connectivity index (χ2n) is 7.54. The Bertz CT molecular complexity index is 800. The van der Waals surface area contributed by atoms with Crippen molar-refractivity contribution in [1.29, 1.82) is 0 Å². The number of hydrogen-bond acceptors (Lipinski definition) is 2. The highest BCUT2D eigenvalue weighted by Crippen LogP contribution is 2.41. The zero-order valence-corrected chi connectivity index (χ0v) is 16.3. The maximum Gasteiger partial charge on any atom is 0.248 e. The van der Waals surface area contributed by atoms with Crippen LogP contribution in [0.3, 0.4) is 0 Å². The molecule has 0 aromatic heterocycles. The van der Waals surface area contributed by atoms with Crippen LogP contribution in [0, 0.1) is 5.41 Å². The summed E-state index contributed by atoms with van der Waals surface area (Å²) in [7, 11) is 1.45. The quantitative estimate of drug-likeness (QED) is 0.700. The second-order valence-corrected chi connectivity index (χ2v) is 7.54. The van der Waals surface area contributed by atoms with E-state index in [4.69, 9.17) is 10.5 Å². The van der Waals surface area contributed by atoms with Crippen LogP contribution >= 0.6 is 0 Å². The average molecular weight is 357 g/mol. The number of halogens is 1. The molecule has 1 aromatic carbocycles. The van der Waals surface area contributed by atoms with Crippen molar-refractivity contribution >= 4 is 11.7 Å². The fraction of sp³-hybridized carbons (Fsp3) is 0.409. The molecule has 0 spiro atoms. The number of primary amides is 1. The molecule has 4 heteroatoms. The number of benzene rings is 1. The first kappa shape index (κ1) is 20.0. The first-order chi connectivity index (χ1) is 12.2. The third kappa shape index (κ3) is 4.24. The summed E-state index contributed by atoms with van der Waals surface area (Å²) in [4.78, 5) is 11.3. The summed E-state index contributed by atoms with van der Waals surface area (Å²) in [6.45, 7) is 8.35. The van der Waals surface area contributed by atoms with Gasteiger partial charge in [-0.3, -0.25) is 4.79 Å². The van der Waals surface area contributed by atoms with E-state index < -0.39 is 5.91 Å². The smallest absolute Gasteiger partial charge is 0.248 e. The number of nitrogens with two attached hydrogens (primary N) is 1. The topological polar surface area (TPSA) is 52.3 Å². The van der Waals surface area contributed by atoms with Crippen LogP contribution in [0.1, 0.15) is 62.9 Å². The Hall–Kier alpha value is -2.36. The minimum Gasteiger partial charge on any atom is -0.496 e. The van der Waals surface area contributed by atoms with Gasteiger partial charge in [0.1, 0.15) is 11.6 Å². The summed E-state index contributed by atoms with van der Waals surface area (Å²) in [5.74, 6) is -0.654. The lowest BCUT2D eigenvalue weighted by molar-refractivity contribution is 0.1000. The standard InChI is InChI=1S/C22H28FNO2/c1-14-7-6-12-22(3,4)18(14)11-8-15(2)20(23)17-10-9-16(21(24)25)13-19(17)26-5/h8-11,13H,6-7,12H2,1-5H3,(H2,24,25). The summed E-state index contributed by atoms with van der Waals surface area (Å²) in [6.07, 6.45) is 7.29. The van der Waals surface area contributed by atoms with Gasteiger partial charge in [0.25, 0.3) is 0 Å². The van der Waals surface area contributed by atoms with Crippen molar-refractivity contribution in [3.8, 4) is 5.75 Å². The number of amides is 1. The first-order valence-electron chi connectivity index (χ1n) is 8.90. The number of hydrogen-bond donors (Lipinski definition) is 1. The van der Waals surface area contributed by atoms with E-state index in [-0.39, 0.29) is 16.8 Å². The zero-order valence-electron chi connectivity index (χ0n) is 16.3. The molecule has 0 aliphatic heterocycles. The van der Waals surface area contributed by atoms with Gasteiger partial charge in [0.05, 0.1) is 12.7 Å². The summed E-state index contributed by atoms with van der Waals surface area (Å²) >= 11 is 0. The largest absolute Gasteiger partial charge is 0.496 e. The van der Waals surface area contributed by atoms with Crippen molar-refractivity contribution in [3.05, 3.63) is 58.2 Å². The number of ether oxygens (including phenoxy) is 1. The van der Waals surface area contributed by atoms with E-state index in [9.17, 15) is 9.18 Å². The van der Waals surface area contributed by atoms with Gasteiger partial charge in [0, 0.05) is 5.56 Å². The Morgan fingerprint density at radius 1 is 1.35 bits per heavy atom. The van der Waals surface area contributed by atoms with Gasteiger partial charge >= 0.3 is 0 Å². The van der Waals surface area contributed by atoms with E-state index in [1.54, 1.807) is 6.92 Å². The van der Waals surface area contributed by atoms with E-state index in [1.807, 2.05) is 12.2 Å². The van der Waals surface area contributed by atoms with Crippen LogP contribution in [-0.4, -0.2) is 13.0 Å². The van der Waals surface area contributed by atoms with Gasteiger partial charge in [0.2, 0.25) is 5.91 Å². The van der Waals surface area contributed by atoms with Gasteiger partial charge in [0.15, 0.2) is 0 Å². The summed E-state index contributed by atoms with van der Waals surface area (Å²) in [5.41, 5.74) is 9.15. The average Bonchev–Trinajstić information content (AvgIpc) is 2.59. The highest BCUT2D eigenvalue weighted by atomic mass is 19.1. The van der Waals surface area contributed by atoms with E-state index in [1.165, 1.54) is 42.9 Å². The summed E-state index contributed by atoms with van der Waals surface area (Å²) < 4.78 is 20.2. The van der Waals surface area contributed by atoms with Crippen LogP contribution in [0.4, 0.5) is 4.39 Å². The molecule has 0 atom stereocenters. The maximum absolute atomic E-state index is 15.0. The van der Waals surface area contributed by atoms with E-state index >= 15 is 0 Å². The van der Waals surface area contributed by atoms with Crippen molar-refractivity contribution in [2.45, 2.75) is 47.0 Å². The molecular formula is C22H28FNO2. The Balaban J connectivity index is 2.39. The molecule has 2 N–H and O–H groups in total. The van der Waals surface area contributed by atoms with E-state index in [0.29, 0.717) is 16.9 Å². The summed E-state index contributed by atoms with van der Waals surface area (Å²) in [5, 5.41) is 0. The van der Waals surface area contributed by atoms with Crippen molar-refractivity contribution in [1.82, 2.24) is 0 Å². The number of rotatable bonds is 5. The molecule has 1 amide bonds. The lowest BCUT2D eigenvalue weighted by atomic mass is 9.72. The van der Waals surface area contributed by atoms with E-state index in [0.717, 1.165) is 12.8 Å². The molecule has 0 bridgehead atoms. The van der Waals surface area contributed by atoms with Crippen LogP contribution in [-0.2, 0) is 0 Å². The van der Waals surface area contributed by atoms with Gasteiger partial charge in [-0.2, -0.15) is 0 Å². The SMILES string of the molecule is COc1cc(C(N)=O)ccc1C(F)=C(C)C=CC1=C(C)CCCC1(C)C.